The molecule has 1 heteroatoms. The Morgan fingerprint density at radius 3 is 2.39 bits per heavy atom. The van der Waals surface area contributed by atoms with Gasteiger partial charge < -0.3 is 0 Å². The first-order valence-corrected chi connectivity index (χ1v) is 9.14. The van der Waals surface area contributed by atoms with Crippen molar-refractivity contribution in [1.82, 2.24) is 0 Å². The fourth-order valence-corrected chi connectivity index (χ4v) is 4.30. The van der Waals surface area contributed by atoms with Gasteiger partial charge in [-0.05, 0) is 55.8 Å². The summed E-state index contributed by atoms with van der Waals surface area (Å²) >= 11 is 0. The molecule has 23 heavy (non-hydrogen) atoms. The van der Waals surface area contributed by atoms with Gasteiger partial charge in [0.1, 0.15) is 0 Å². The van der Waals surface area contributed by atoms with Gasteiger partial charge in [-0.25, -0.2) is 19.1 Å². The van der Waals surface area contributed by atoms with Crippen molar-refractivity contribution in [1.29, 1.82) is 0 Å². The summed E-state index contributed by atoms with van der Waals surface area (Å²) in [6, 6.07) is 0. The van der Waals surface area contributed by atoms with E-state index in [4.69, 9.17) is 0 Å². The molecule has 0 radical (unpaired) electrons. The molecule has 0 bridgehead atoms. The van der Waals surface area contributed by atoms with Crippen LogP contribution in [-0.2, 0) is 0 Å². The first kappa shape index (κ1) is 21.1. The van der Waals surface area contributed by atoms with E-state index in [0.717, 1.165) is 36.0 Å². The van der Waals surface area contributed by atoms with Crippen LogP contribution in [0.25, 0.3) is 0 Å². The molecule has 0 aromatic heterocycles. The predicted octanol–water partition coefficient (Wildman–Crippen LogP) is 6.86. The number of allylic oxidation sites excluding steroid dienone is 4. The van der Waals surface area contributed by atoms with E-state index in [2.05, 4.69) is 66.3 Å². The van der Waals surface area contributed by atoms with E-state index in [9.17, 15) is 0 Å². The van der Waals surface area contributed by atoms with Crippen LogP contribution in [-0.4, -0.2) is 0 Å². The first-order valence-electron chi connectivity index (χ1n) is 9.14. The average Bonchev–Trinajstić information content (AvgIpc) is 2.43. The van der Waals surface area contributed by atoms with Gasteiger partial charge >= 0.3 is 0 Å². The zero-order valence-corrected chi connectivity index (χ0v) is 22.6. The normalized spacial score (nSPS) is 26.7. The molecular formula is C22H37Rf-. The second kappa shape index (κ2) is 9.98. The molecule has 0 aromatic carbocycles. The molecule has 1 unspecified atom stereocenters. The minimum absolute atomic E-state index is 0. The molecule has 1 rings (SSSR count). The molecule has 0 N–H and O–H groups in total. The summed E-state index contributed by atoms with van der Waals surface area (Å²) in [5.74, 6) is 4.51. The van der Waals surface area contributed by atoms with Crippen LogP contribution in [0.4, 0.5) is 0 Å². The van der Waals surface area contributed by atoms with Crippen molar-refractivity contribution in [2.45, 2.75) is 60.3 Å². The van der Waals surface area contributed by atoms with Gasteiger partial charge in [0.2, 0.25) is 0 Å². The van der Waals surface area contributed by atoms with Gasteiger partial charge in [-0.1, -0.05) is 57.8 Å². The number of rotatable bonds is 9. The summed E-state index contributed by atoms with van der Waals surface area (Å²) in [4.78, 5) is 0. The molecular weight excluding hydrogens is 531 g/mol. The fourth-order valence-electron chi connectivity index (χ4n) is 4.30. The Kier molecular flexibility index (Phi) is 9.15. The van der Waals surface area contributed by atoms with E-state index < -0.39 is 0 Å². The Morgan fingerprint density at radius 2 is 1.87 bits per heavy atom. The van der Waals surface area contributed by atoms with Gasteiger partial charge in [0, 0.05) is 0 Å². The Morgan fingerprint density at radius 1 is 1.22 bits per heavy atom. The predicted molar refractivity (Wildman–Crippen MR) is 101 cm³/mol. The Balaban J connectivity index is 0.00000484. The van der Waals surface area contributed by atoms with Gasteiger partial charge in [-0.3, -0.25) is 0 Å². The minimum atomic E-state index is 0. The van der Waals surface area contributed by atoms with Crippen LogP contribution in [0.3, 0.4) is 0 Å². The zero-order valence-electron chi connectivity index (χ0n) is 16.2. The van der Waals surface area contributed by atoms with Crippen molar-refractivity contribution in [3.05, 3.63) is 43.4 Å². The molecule has 0 spiro atoms. The van der Waals surface area contributed by atoms with Crippen LogP contribution in [0.15, 0.2) is 37.0 Å². The standard InChI is InChI=1S/C22H37.Rf/c1-8-10-17(5)14-21-19(7)12-13-20(16(3)4)22(21)15-18(6)11-9-2;/h8-9,11-12,16-18,20-22H,1-2,10,13-15H2,3-7H3;/q-1;/t17?,18-,20-,21+,22-;/m1./s1. The summed E-state index contributed by atoms with van der Waals surface area (Å²) in [6.07, 6.45) is 13.8. The number of hydrogen-bond acceptors (Lipinski definition) is 0. The summed E-state index contributed by atoms with van der Waals surface area (Å²) in [7, 11) is 0. The van der Waals surface area contributed by atoms with Gasteiger partial charge in [0.05, 0.1) is 0 Å². The Bertz CT molecular complexity index is 379. The molecule has 0 saturated heterocycles. The van der Waals surface area contributed by atoms with Crippen LogP contribution < -0.4 is 0 Å². The molecule has 0 aromatic rings. The molecule has 1 aliphatic carbocycles. The van der Waals surface area contributed by atoms with Crippen molar-refractivity contribution in [3.8, 4) is 0 Å². The Hall–Kier alpha value is -1.91. The van der Waals surface area contributed by atoms with Crippen molar-refractivity contribution in [2.24, 2.45) is 35.5 Å². The molecule has 0 aliphatic heterocycles. The molecule has 0 heterocycles. The second-order valence-electron chi connectivity index (χ2n) is 7.87. The smallest absolute Gasteiger partial charge is 0 e. The largest absolute Gasteiger partial charge is 0.245 e. The van der Waals surface area contributed by atoms with Gasteiger partial charge in [0.15, 0.2) is 0 Å². The van der Waals surface area contributed by atoms with Gasteiger partial charge in [-0.2, -0.15) is 0 Å². The number of hydrogen-bond donors (Lipinski definition) is 0. The van der Waals surface area contributed by atoms with E-state index in [1.165, 1.54) is 19.3 Å². The summed E-state index contributed by atoms with van der Waals surface area (Å²) in [5.41, 5.74) is 1.63. The Labute approximate surface area is 139 Å². The third-order valence-electron chi connectivity index (χ3n) is 5.55. The fraction of sp³-hybridized carbons (Fsp3) is 0.682. The second-order valence-corrected chi connectivity index (χ2v) is 7.87. The maximum Gasteiger partial charge on any atom is 0 e. The van der Waals surface area contributed by atoms with Crippen molar-refractivity contribution in [3.63, 3.8) is 0 Å². The molecule has 0 fully saturated rings. The molecule has 0 amide bonds. The summed E-state index contributed by atoms with van der Waals surface area (Å²) < 4.78 is 0. The van der Waals surface area contributed by atoms with E-state index in [0.29, 0.717) is 5.92 Å². The van der Waals surface area contributed by atoms with Crippen LogP contribution in [0.5, 0.6) is 0 Å². The maximum atomic E-state index is 3.92. The maximum absolute atomic E-state index is 3.92. The van der Waals surface area contributed by atoms with Crippen LogP contribution in [0.2, 0.25) is 0 Å². The third-order valence-corrected chi connectivity index (χ3v) is 5.55. The topological polar surface area (TPSA) is 0 Å². The van der Waals surface area contributed by atoms with E-state index in [1.807, 2.05) is 6.08 Å². The van der Waals surface area contributed by atoms with Crippen molar-refractivity contribution >= 4 is 0 Å². The zero-order chi connectivity index (χ0) is 16.7. The van der Waals surface area contributed by atoms with Crippen LogP contribution in [0, 0.1) is 41.9 Å². The van der Waals surface area contributed by atoms with E-state index in [1.54, 1.807) is 5.57 Å². The molecule has 1 aliphatic rings. The van der Waals surface area contributed by atoms with Gasteiger partial charge in [-0.15, -0.1) is 6.58 Å². The molecule has 0 saturated carbocycles. The molecule has 5 atom stereocenters. The van der Waals surface area contributed by atoms with Crippen molar-refractivity contribution < 1.29 is 0 Å². The average molecular weight is 569 g/mol. The van der Waals surface area contributed by atoms with E-state index in [-0.39, 0.29) is 0 Å². The van der Waals surface area contributed by atoms with Crippen LogP contribution >= 0.6 is 0 Å². The monoisotopic (exact) mass is 568 g/mol. The molecule has 0 nitrogen and oxygen atoms in total. The van der Waals surface area contributed by atoms with Crippen molar-refractivity contribution in [2.75, 3.05) is 0 Å². The summed E-state index contributed by atoms with van der Waals surface area (Å²) in [5, 5.41) is 0. The third kappa shape index (κ3) is 6.00. The van der Waals surface area contributed by atoms with Crippen LogP contribution in [0.1, 0.15) is 60.3 Å². The van der Waals surface area contributed by atoms with Gasteiger partial charge in [0.25, 0.3) is 0 Å². The molecule has 128 valence electrons. The minimum Gasteiger partial charge on any atom is -0.245 e. The quantitative estimate of drug-likeness (QED) is 0.211. The summed E-state index contributed by atoms with van der Waals surface area (Å²) in [6.45, 7) is 19.7. The SMILES string of the molecule is C=C[CH-][C@@H](C)C[C@@H]1[C@@H](C(C)C)CC=C(C)[C@@H]1CC(C)CC=C.[Rf]. The first-order chi connectivity index (χ1) is 10.4. The van der Waals surface area contributed by atoms with E-state index >= 15 is 0 Å².